The van der Waals surface area contributed by atoms with Crippen molar-refractivity contribution in [2.75, 3.05) is 12.3 Å². The number of halogens is 3. The molecule has 0 saturated carbocycles. The Hall–Kier alpha value is -1.40. The van der Waals surface area contributed by atoms with Crippen LogP contribution >= 0.6 is 11.3 Å². The number of hydrogen-bond acceptors (Lipinski definition) is 6. The second kappa shape index (κ2) is 5.77. The van der Waals surface area contributed by atoms with Crippen LogP contribution in [0.4, 0.5) is 23.9 Å². The zero-order valence-corrected chi connectivity index (χ0v) is 12.5. The zero-order valence-electron chi connectivity index (χ0n) is 10.9. The van der Waals surface area contributed by atoms with Crippen LogP contribution in [0.2, 0.25) is 0 Å². The molecule has 0 bridgehead atoms. The minimum Gasteiger partial charge on any atom is -0.385 e. The van der Waals surface area contributed by atoms with Crippen molar-refractivity contribution in [3.8, 4) is 0 Å². The van der Waals surface area contributed by atoms with Crippen LogP contribution in [0.25, 0.3) is 0 Å². The number of rotatable bonds is 5. The molecule has 0 radical (unpaired) electrons. The Morgan fingerprint density at radius 1 is 1.48 bits per heavy atom. The van der Waals surface area contributed by atoms with E-state index in [-0.39, 0.29) is 9.31 Å². The van der Waals surface area contributed by atoms with Crippen molar-refractivity contribution in [2.45, 2.75) is 30.3 Å². The molecule has 0 amide bonds. The van der Waals surface area contributed by atoms with Crippen molar-refractivity contribution >= 4 is 32.0 Å². The van der Waals surface area contributed by atoms with Gasteiger partial charge in [0.05, 0.1) is 4.92 Å². The molecule has 0 saturated heterocycles. The molecule has 1 rings (SSSR count). The van der Waals surface area contributed by atoms with Gasteiger partial charge >= 0.3 is 11.9 Å². The summed E-state index contributed by atoms with van der Waals surface area (Å²) in [6.45, 7) is 0.863. The molecule has 0 fully saturated rings. The molecule has 1 aromatic rings. The van der Waals surface area contributed by atoms with E-state index in [1.165, 1.54) is 13.8 Å². The number of alkyl halides is 3. The summed E-state index contributed by atoms with van der Waals surface area (Å²) in [4.78, 5) is 9.74. The normalized spacial score (nSPS) is 13.1. The molecule has 0 aromatic carbocycles. The summed E-state index contributed by atoms with van der Waals surface area (Å²) in [5.74, 6) is 0. The molecule has 120 valence electrons. The summed E-state index contributed by atoms with van der Waals surface area (Å²) in [6, 6.07) is -0.305. The smallest absolute Gasteiger partial charge is 0.385 e. The van der Waals surface area contributed by atoms with Crippen molar-refractivity contribution in [1.82, 2.24) is 4.31 Å². The summed E-state index contributed by atoms with van der Waals surface area (Å²) >= 11 is 0.361. The highest BCUT2D eigenvalue weighted by atomic mass is 32.2. The third-order valence-electron chi connectivity index (χ3n) is 2.39. The van der Waals surface area contributed by atoms with E-state index in [1.54, 1.807) is 0 Å². The first kappa shape index (κ1) is 17.7. The number of nitrogens with zero attached hydrogens (tertiary/aromatic N) is 2. The molecule has 0 atom stereocenters. The quantitative estimate of drug-likeness (QED) is 0.649. The number of anilines is 1. The first-order chi connectivity index (χ1) is 9.36. The summed E-state index contributed by atoms with van der Waals surface area (Å²) in [7, 11) is -4.52. The largest absolute Gasteiger partial charge is 0.402 e. The highest BCUT2D eigenvalue weighted by molar-refractivity contribution is 7.91. The van der Waals surface area contributed by atoms with Gasteiger partial charge in [-0.05, 0) is 13.8 Å². The van der Waals surface area contributed by atoms with E-state index in [4.69, 9.17) is 5.73 Å². The molecule has 7 nitrogen and oxygen atoms in total. The number of nitrogen functional groups attached to an aromatic ring is 1. The number of hydrogen-bond donors (Lipinski definition) is 1. The molecule has 0 aliphatic rings. The van der Waals surface area contributed by atoms with E-state index in [9.17, 15) is 31.7 Å². The number of thiophene rings is 1. The minimum atomic E-state index is -4.73. The van der Waals surface area contributed by atoms with Gasteiger partial charge in [0.25, 0.3) is 10.0 Å². The van der Waals surface area contributed by atoms with Crippen molar-refractivity contribution in [2.24, 2.45) is 0 Å². The zero-order chi connectivity index (χ0) is 16.6. The molecule has 21 heavy (non-hydrogen) atoms. The van der Waals surface area contributed by atoms with Gasteiger partial charge in [0.15, 0.2) is 5.00 Å². The topological polar surface area (TPSA) is 107 Å². The highest BCUT2D eigenvalue weighted by Crippen LogP contribution is 2.37. The van der Waals surface area contributed by atoms with Crippen LogP contribution in [0, 0.1) is 10.1 Å². The highest BCUT2D eigenvalue weighted by Gasteiger charge is 2.40. The van der Waals surface area contributed by atoms with Crippen LogP contribution in [-0.4, -0.2) is 36.4 Å². The van der Waals surface area contributed by atoms with Gasteiger partial charge in [-0.3, -0.25) is 10.1 Å². The maximum atomic E-state index is 12.5. The van der Waals surface area contributed by atoms with Crippen molar-refractivity contribution in [3.63, 3.8) is 0 Å². The molecular formula is C9H12F3N3O4S2. The summed E-state index contributed by atoms with van der Waals surface area (Å²) in [5.41, 5.74) is 4.67. The number of nitrogens with two attached hydrogens (primary N) is 1. The monoisotopic (exact) mass is 347 g/mol. The van der Waals surface area contributed by atoms with Crippen LogP contribution in [-0.2, 0) is 10.0 Å². The van der Waals surface area contributed by atoms with Gasteiger partial charge in [-0.1, -0.05) is 11.3 Å². The van der Waals surface area contributed by atoms with E-state index in [1.807, 2.05) is 0 Å². The number of sulfonamides is 1. The second-order valence-corrected chi connectivity index (χ2v) is 7.53. The minimum absolute atomic E-state index is 0.224. The Kier molecular flexibility index (Phi) is 4.85. The fourth-order valence-corrected chi connectivity index (χ4v) is 4.45. The Bertz CT molecular complexity index is 639. The lowest BCUT2D eigenvalue weighted by Gasteiger charge is -2.25. The van der Waals surface area contributed by atoms with E-state index < -0.39 is 43.6 Å². The second-order valence-electron chi connectivity index (χ2n) is 4.33. The van der Waals surface area contributed by atoms with E-state index in [0.717, 1.165) is 0 Å². The standard InChI is InChI=1S/C9H12F3N3O4S2/c1-5(2)14(4-9(10,11)12)21(18,19)7-3-6(15(16)17)8(13)20-7/h3,5H,4,13H2,1-2H3. The first-order valence-electron chi connectivity index (χ1n) is 5.48. The average Bonchev–Trinajstić information content (AvgIpc) is 2.67. The fraction of sp³-hybridized carbons (Fsp3) is 0.556. The van der Waals surface area contributed by atoms with Gasteiger partial charge in [-0.15, -0.1) is 0 Å². The fourth-order valence-electron chi connectivity index (χ4n) is 1.48. The third-order valence-corrected chi connectivity index (χ3v) is 5.81. The maximum absolute atomic E-state index is 12.5. The molecule has 1 heterocycles. The van der Waals surface area contributed by atoms with Crippen LogP contribution in [0.5, 0.6) is 0 Å². The van der Waals surface area contributed by atoms with E-state index in [2.05, 4.69) is 0 Å². The van der Waals surface area contributed by atoms with Gasteiger partial charge in [0.1, 0.15) is 10.8 Å². The molecule has 1 aromatic heterocycles. The van der Waals surface area contributed by atoms with Gasteiger partial charge < -0.3 is 5.73 Å². The van der Waals surface area contributed by atoms with Crippen LogP contribution < -0.4 is 5.73 Å². The maximum Gasteiger partial charge on any atom is 0.402 e. The number of nitro groups is 1. The summed E-state index contributed by atoms with van der Waals surface area (Å²) < 4.78 is 61.5. The van der Waals surface area contributed by atoms with Crippen molar-refractivity contribution in [3.05, 3.63) is 16.2 Å². The van der Waals surface area contributed by atoms with Crippen LogP contribution in [0.1, 0.15) is 13.8 Å². The average molecular weight is 347 g/mol. The molecule has 0 aliphatic carbocycles. The molecule has 0 unspecified atom stereocenters. The summed E-state index contributed by atoms with van der Waals surface area (Å²) in [5, 5.41) is 10.3. The Morgan fingerprint density at radius 2 is 2.00 bits per heavy atom. The van der Waals surface area contributed by atoms with E-state index >= 15 is 0 Å². The van der Waals surface area contributed by atoms with Crippen molar-refractivity contribution in [1.29, 1.82) is 0 Å². The molecule has 0 spiro atoms. The third kappa shape index (κ3) is 4.04. The Balaban J connectivity index is 3.30. The Labute approximate surface area is 122 Å². The SMILES string of the molecule is CC(C)N(CC(F)(F)F)S(=O)(=O)c1cc([N+](=O)[O-])c(N)s1. The molecule has 12 heteroatoms. The van der Waals surface area contributed by atoms with Crippen molar-refractivity contribution < 1.29 is 26.5 Å². The molecule has 2 N–H and O–H groups in total. The van der Waals surface area contributed by atoms with E-state index in [0.29, 0.717) is 17.4 Å². The predicted octanol–water partition coefficient (Wildman–Crippen LogP) is 2.20. The van der Waals surface area contributed by atoms with Crippen LogP contribution in [0.15, 0.2) is 10.3 Å². The lowest BCUT2D eigenvalue weighted by Crippen LogP contribution is -2.42. The van der Waals surface area contributed by atoms with Gasteiger partial charge in [0.2, 0.25) is 0 Å². The van der Waals surface area contributed by atoms with Crippen LogP contribution in [0.3, 0.4) is 0 Å². The Morgan fingerprint density at radius 3 is 2.33 bits per heavy atom. The lowest BCUT2D eigenvalue weighted by atomic mass is 10.4. The molecule has 0 aliphatic heterocycles. The van der Waals surface area contributed by atoms with Gasteiger partial charge in [-0.2, -0.15) is 17.5 Å². The van der Waals surface area contributed by atoms with Gasteiger partial charge in [-0.25, -0.2) is 8.42 Å². The van der Waals surface area contributed by atoms with Gasteiger partial charge in [0, 0.05) is 12.1 Å². The molecular weight excluding hydrogens is 335 g/mol. The lowest BCUT2D eigenvalue weighted by molar-refractivity contribution is -0.383. The summed E-state index contributed by atoms with van der Waals surface area (Å²) in [6.07, 6.45) is -4.73. The first-order valence-corrected chi connectivity index (χ1v) is 7.74. The predicted molar refractivity (Wildman–Crippen MR) is 70.5 cm³/mol.